The zero-order valence-electron chi connectivity index (χ0n) is 13.7. The Kier molecular flexibility index (Phi) is 3.82. The number of carboxylic acid groups (broad SMARTS) is 1. The number of hydrogen-bond donors (Lipinski definition) is 1. The molecule has 0 radical (unpaired) electrons. The van der Waals surface area contributed by atoms with Crippen LogP contribution in [0.4, 0.5) is 0 Å². The van der Waals surface area contributed by atoms with E-state index in [1.54, 1.807) is 6.20 Å². The van der Waals surface area contributed by atoms with Crippen molar-refractivity contribution in [2.24, 2.45) is 11.8 Å². The van der Waals surface area contributed by atoms with Gasteiger partial charge in [-0.2, -0.15) is 0 Å². The second kappa shape index (κ2) is 6.02. The van der Waals surface area contributed by atoms with E-state index in [0.717, 1.165) is 34.2 Å². The highest BCUT2D eigenvalue weighted by Crippen LogP contribution is 2.39. The summed E-state index contributed by atoms with van der Waals surface area (Å²) in [5, 5.41) is 12.7. The first-order valence-corrected chi connectivity index (χ1v) is 8.70. The Morgan fingerprint density at radius 1 is 1.16 bits per heavy atom. The maximum atomic E-state index is 12.7. The first kappa shape index (κ1) is 15.9. The number of aliphatic carboxylic acids is 1. The minimum absolute atomic E-state index is 0.0588. The normalized spacial score (nSPS) is 24.6. The molecular formula is C19H19N2O4-. The van der Waals surface area contributed by atoms with Gasteiger partial charge in [0.25, 0.3) is 0 Å². The van der Waals surface area contributed by atoms with Crippen molar-refractivity contribution in [2.45, 2.75) is 38.1 Å². The number of nitrogens with zero attached hydrogens (tertiary/aromatic N) is 1. The number of benzene rings is 1. The van der Waals surface area contributed by atoms with Crippen molar-refractivity contribution in [3.8, 4) is 0 Å². The summed E-state index contributed by atoms with van der Waals surface area (Å²) in [6.07, 6.45) is 4.94. The molecule has 2 aliphatic rings. The second-order valence-corrected chi connectivity index (χ2v) is 6.94. The standard InChI is InChI=1S/C19H20N2O4/c22-17-13-6-1-2-7-14(13)18(23)21(17)16(19(24)25)9-11-10-20-15-8-4-3-5-12(11)15/h3-5,8,10,13-14,16,20H,1-2,6-7,9H2,(H,24,25)/p-1/t13-,14+,16-/m1/s1. The Hall–Kier alpha value is -2.63. The quantitative estimate of drug-likeness (QED) is 0.841. The van der Waals surface area contributed by atoms with Crippen molar-refractivity contribution in [3.05, 3.63) is 36.0 Å². The van der Waals surface area contributed by atoms with Crippen LogP contribution in [0.15, 0.2) is 30.5 Å². The highest BCUT2D eigenvalue weighted by atomic mass is 16.4. The summed E-state index contributed by atoms with van der Waals surface area (Å²) in [6.45, 7) is 0. The van der Waals surface area contributed by atoms with Gasteiger partial charge in [0.05, 0.1) is 23.8 Å². The van der Waals surface area contributed by atoms with Gasteiger partial charge in [-0.05, 0) is 24.5 Å². The number of rotatable bonds is 4. The van der Waals surface area contributed by atoms with E-state index in [2.05, 4.69) is 4.98 Å². The van der Waals surface area contributed by atoms with Crippen molar-refractivity contribution < 1.29 is 19.5 Å². The van der Waals surface area contributed by atoms with Gasteiger partial charge in [-0.15, -0.1) is 0 Å². The molecule has 0 unspecified atom stereocenters. The Balaban J connectivity index is 1.66. The van der Waals surface area contributed by atoms with E-state index in [9.17, 15) is 19.5 Å². The summed E-state index contributed by atoms with van der Waals surface area (Å²) in [6, 6.07) is 6.28. The lowest BCUT2D eigenvalue weighted by molar-refractivity contribution is -0.310. The van der Waals surface area contributed by atoms with Gasteiger partial charge in [-0.1, -0.05) is 31.0 Å². The molecule has 2 fully saturated rings. The smallest absolute Gasteiger partial charge is 0.233 e. The van der Waals surface area contributed by atoms with Gasteiger partial charge >= 0.3 is 0 Å². The molecule has 130 valence electrons. The van der Waals surface area contributed by atoms with Crippen LogP contribution in [-0.4, -0.2) is 33.7 Å². The van der Waals surface area contributed by atoms with E-state index in [0.29, 0.717) is 12.8 Å². The molecule has 1 aliphatic heterocycles. The molecular weight excluding hydrogens is 320 g/mol. The van der Waals surface area contributed by atoms with Crippen LogP contribution in [-0.2, 0) is 20.8 Å². The van der Waals surface area contributed by atoms with Gasteiger partial charge in [0.1, 0.15) is 0 Å². The molecule has 6 heteroatoms. The minimum atomic E-state index is -1.38. The van der Waals surface area contributed by atoms with E-state index in [-0.39, 0.29) is 30.1 Å². The number of H-pyrrole nitrogens is 1. The van der Waals surface area contributed by atoms with Crippen LogP contribution < -0.4 is 5.11 Å². The van der Waals surface area contributed by atoms with E-state index < -0.39 is 12.0 Å². The summed E-state index contributed by atoms with van der Waals surface area (Å²) in [7, 11) is 0. The average Bonchev–Trinajstić information content (AvgIpc) is 3.13. The first-order valence-electron chi connectivity index (χ1n) is 8.70. The van der Waals surface area contributed by atoms with E-state index in [4.69, 9.17) is 0 Å². The lowest BCUT2D eigenvalue weighted by atomic mass is 9.81. The van der Waals surface area contributed by atoms with Gasteiger partial charge in [0.2, 0.25) is 11.8 Å². The molecule has 0 spiro atoms. The van der Waals surface area contributed by atoms with Gasteiger partial charge in [0.15, 0.2) is 0 Å². The molecule has 1 saturated heterocycles. The Morgan fingerprint density at radius 3 is 2.44 bits per heavy atom. The van der Waals surface area contributed by atoms with Crippen LogP contribution in [0.5, 0.6) is 0 Å². The highest BCUT2D eigenvalue weighted by molar-refractivity contribution is 6.07. The first-order chi connectivity index (χ1) is 12.1. The summed E-state index contributed by atoms with van der Waals surface area (Å²) in [5.41, 5.74) is 1.66. The maximum Gasteiger partial charge on any atom is 0.233 e. The van der Waals surface area contributed by atoms with E-state index >= 15 is 0 Å². The Bertz CT molecular complexity index is 832. The van der Waals surface area contributed by atoms with E-state index in [1.165, 1.54) is 0 Å². The summed E-state index contributed by atoms with van der Waals surface area (Å²) < 4.78 is 0. The zero-order chi connectivity index (χ0) is 17.6. The number of hydrogen-bond acceptors (Lipinski definition) is 4. The molecule has 1 aromatic carbocycles. The lowest BCUT2D eigenvalue weighted by Gasteiger charge is -2.27. The number of imide groups is 1. The molecule has 25 heavy (non-hydrogen) atoms. The van der Waals surface area contributed by atoms with E-state index in [1.807, 2.05) is 24.3 Å². The van der Waals surface area contributed by atoms with Gasteiger partial charge in [0, 0.05) is 23.5 Å². The fourth-order valence-corrected chi connectivity index (χ4v) is 4.28. The fraction of sp³-hybridized carbons (Fsp3) is 0.421. The summed E-state index contributed by atoms with van der Waals surface area (Å²) in [5.74, 6) is -2.78. The number of carbonyl (C=O) groups is 3. The average molecular weight is 339 g/mol. The molecule has 4 rings (SSSR count). The SMILES string of the molecule is O=C([O-])[C@@H](Cc1c[nH]c2ccccc12)N1C(=O)[C@H]2CCCC[C@H]2C1=O. The molecule has 1 aromatic heterocycles. The molecule has 2 amide bonds. The Labute approximate surface area is 144 Å². The van der Waals surface area contributed by atoms with Crippen LogP contribution >= 0.6 is 0 Å². The van der Waals surface area contributed by atoms with Gasteiger partial charge in [-0.3, -0.25) is 14.5 Å². The number of amides is 2. The fourth-order valence-electron chi connectivity index (χ4n) is 4.28. The number of fused-ring (bicyclic) bond motifs is 2. The number of nitrogens with one attached hydrogen (secondary N) is 1. The topological polar surface area (TPSA) is 93.3 Å². The third-order valence-corrected chi connectivity index (χ3v) is 5.55. The lowest BCUT2D eigenvalue weighted by Crippen LogP contribution is -2.52. The molecule has 2 aromatic rings. The van der Waals surface area contributed by atoms with Crippen molar-refractivity contribution in [3.63, 3.8) is 0 Å². The minimum Gasteiger partial charge on any atom is -0.548 e. The number of carboxylic acids is 1. The van der Waals surface area contributed by atoms with Crippen LogP contribution in [0, 0.1) is 11.8 Å². The molecule has 2 heterocycles. The molecule has 1 saturated carbocycles. The predicted octanol–water partition coefficient (Wildman–Crippen LogP) is 1.00. The van der Waals surface area contributed by atoms with Crippen LogP contribution in [0.2, 0.25) is 0 Å². The van der Waals surface area contributed by atoms with Crippen LogP contribution in [0.3, 0.4) is 0 Å². The van der Waals surface area contributed by atoms with Crippen LogP contribution in [0.1, 0.15) is 31.2 Å². The van der Waals surface area contributed by atoms with Gasteiger partial charge in [-0.25, -0.2) is 0 Å². The Morgan fingerprint density at radius 2 is 1.80 bits per heavy atom. The van der Waals surface area contributed by atoms with Crippen molar-refractivity contribution in [1.82, 2.24) is 9.88 Å². The third-order valence-electron chi connectivity index (χ3n) is 5.55. The molecule has 1 aliphatic carbocycles. The van der Waals surface area contributed by atoms with Crippen LogP contribution in [0.25, 0.3) is 10.9 Å². The number of likely N-dealkylation sites (tertiary alicyclic amines) is 1. The number of carbonyl (C=O) groups excluding carboxylic acids is 3. The summed E-state index contributed by atoms with van der Waals surface area (Å²) in [4.78, 5) is 41.2. The number of aromatic nitrogens is 1. The molecule has 1 N–H and O–H groups in total. The number of aromatic amines is 1. The van der Waals surface area contributed by atoms with Gasteiger partial charge < -0.3 is 14.9 Å². The summed E-state index contributed by atoms with van der Waals surface area (Å²) >= 11 is 0. The second-order valence-electron chi connectivity index (χ2n) is 6.94. The largest absolute Gasteiger partial charge is 0.548 e. The molecule has 3 atom stereocenters. The predicted molar refractivity (Wildman–Crippen MR) is 88.1 cm³/mol. The number of para-hydroxylation sites is 1. The maximum absolute atomic E-state index is 12.7. The van der Waals surface area contributed by atoms with Crippen molar-refractivity contribution in [2.75, 3.05) is 0 Å². The van der Waals surface area contributed by atoms with Crippen molar-refractivity contribution in [1.29, 1.82) is 0 Å². The van der Waals surface area contributed by atoms with Crippen molar-refractivity contribution >= 4 is 28.7 Å². The third kappa shape index (κ3) is 2.52. The molecule has 0 bridgehead atoms. The molecule has 6 nitrogen and oxygen atoms in total. The monoisotopic (exact) mass is 339 g/mol. The highest BCUT2D eigenvalue weighted by Gasteiger charge is 2.50. The zero-order valence-corrected chi connectivity index (χ0v) is 13.7.